The number of hydrogen-bond donors (Lipinski definition) is 0. The molecule has 20 heavy (non-hydrogen) atoms. The maximum atomic E-state index is 11.6. The zero-order chi connectivity index (χ0) is 14.7. The number of hydrogen-bond acceptors (Lipinski definition) is 3. The van der Waals surface area contributed by atoms with Gasteiger partial charge in [-0.3, -0.25) is 4.79 Å². The maximum Gasteiger partial charge on any atom is 0.163 e. The highest BCUT2D eigenvalue weighted by molar-refractivity contribution is 9.10. The first kappa shape index (κ1) is 14.6. The van der Waals surface area contributed by atoms with Gasteiger partial charge in [0.25, 0.3) is 0 Å². The van der Waals surface area contributed by atoms with Crippen LogP contribution in [0.5, 0.6) is 11.5 Å². The summed E-state index contributed by atoms with van der Waals surface area (Å²) in [5.41, 5.74) is 0.848. The third-order valence-electron chi connectivity index (χ3n) is 2.60. The van der Waals surface area contributed by atoms with Crippen molar-refractivity contribution in [3.8, 4) is 17.6 Å². The summed E-state index contributed by atoms with van der Waals surface area (Å²) < 4.78 is 6.39. The van der Waals surface area contributed by atoms with Crippen LogP contribution in [0.15, 0.2) is 40.9 Å². The predicted molar refractivity (Wildman–Crippen MR) is 80.4 cm³/mol. The molecule has 0 amide bonds. The molecular weight excluding hydrogens is 342 g/mol. The van der Waals surface area contributed by atoms with Crippen molar-refractivity contribution < 1.29 is 9.53 Å². The minimum absolute atomic E-state index is 0.130. The first-order chi connectivity index (χ1) is 9.51. The lowest BCUT2D eigenvalue weighted by Crippen LogP contribution is -1.98. The fourth-order valence-corrected chi connectivity index (χ4v) is 2.41. The second-order valence-corrected chi connectivity index (χ2v) is 5.35. The molecule has 0 aromatic heterocycles. The van der Waals surface area contributed by atoms with Crippen molar-refractivity contribution in [3.05, 3.63) is 57.0 Å². The van der Waals surface area contributed by atoms with E-state index in [2.05, 4.69) is 15.9 Å². The van der Waals surface area contributed by atoms with E-state index in [4.69, 9.17) is 21.6 Å². The summed E-state index contributed by atoms with van der Waals surface area (Å²) in [5.74, 6) is 0.737. The molecule has 0 aliphatic carbocycles. The molecule has 0 aliphatic heterocycles. The number of carbonyl (C=O) groups excluding carboxylic acids is 1. The van der Waals surface area contributed by atoms with Gasteiger partial charge in [-0.05, 0) is 59.3 Å². The van der Waals surface area contributed by atoms with Crippen molar-refractivity contribution in [3.63, 3.8) is 0 Å². The number of ketones is 1. The van der Waals surface area contributed by atoms with Gasteiger partial charge in [0.1, 0.15) is 11.5 Å². The third kappa shape index (κ3) is 3.19. The van der Waals surface area contributed by atoms with Crippen LogP contribution in [-0.2, 0) is 0 Å². The van der Waals surface area contributed by atoms with Gasteiger partial charge in [-0.1, -0.05) is 11.6 Å². The van der Waals surface area contributed by atoms with Crippen LogP contribution >= 0.6 is 27.5 Å². The second-order valence-electron chi connectivity index (χ2n) is 4.06. The van der Waals surface area contributed by atoms with E-state index in [9.17, 15) is 4.79 Å². The Morgan fingerprint density at radius 2 is 2.00 bits per heavy atom. The Balaban J connectivity index is 2.46. The van der Waals surface area contributed by atoms with Crippen LogP contribution in [0, 0.1) is 11.3 Å². The summed E-state index contributed by atoms with van der Waals surface area (Å²) in [7, 11) is 0. The highest BCUT2D eigenvalue weighted by Gasteiger charge is 2.12. The Bertz CT molecular complexity index is 722. The molecule has 0 radical (unpaired) electrons. The van der Waals surface area contributed by atoms with E-state index in [1.165, 1.54) is 13.0 Å². The average molecular weight is 351 g/mol. The van der Waals surface area contributed by atoms with Crippen molar-refractivity contribution in [1.82, 2.24) is 0 Å². The number of rotatable bonds is 3. The lowest BCUT2D eigenvalue weighted by atomic mass is 10.1. The van der Waals surface area contributed by atoms with Crippen LogP contribution in [0.2, 0.25) is 5.02 Å². The van der Waals surface area contributed by atoms with Crippen LogP contribution in [0.1, 0.15) is 22.8 Å². The Kier molecular flexibility index (Phi) is 4.43. The molecule has 0 unspecified atom stereocenters. The van der Waals surface area contributed by atoms with Gasteiger partial charge in [-0.15, -0.1) is 0 Å². The molecule has 2 aromatic rings. The number of Topliss-reactive ketones (excluding diaryl/α,β-unsaturated/α-hetero) is 1. The summed E-state index contributed by atoms with van der Waals surface area (Å²) in [4.78, 5) is 11.6. The van der Waals surface area contributed by atoms with E-state index in [-0.39, 0.29) is 5.78 Å². The minimum atomic E-state index is -0.130. The molecule has 0 aliphatic rings. The molecule has 2 rings (SSSR count). The van der Waals surface area contributed by atoms with Crippen molar-refractivity contribution in [1.29, 1.82) is 5.26 Å². The fourth-order valence-electron chi connectivity index (χ4n) is 1.64. The molecule has 100 valence electrons. The molecule has 0 saturated carbocycles. The van der Waals surface area contributed by atoms with E-state index >= 15 is 0 Å². The first-order valence-electron chi connectivity index (χ1n) is 5.69. The number of halogens is 2. The van der Waals surface area contributed by atoms with Crippen LogP contribution in [0.4, 0.5) is 0 Å². The van der Waals surface area contributed by atoms with E-state index in [0.717, 1.165) is 0 Å². The van der Waals surface area contributed by atoms with Gasteiger partial charge in [0.05, 0.1) is 21.7 Å². The SMILES string of the molecule is CC(=O)c1ccc(C#N)cc1Oc1ccc(Cl)cc1Br. The van der Waals surface area contributed by atoms with Crippen LogP contribution in [0.25, 0.3) is 0 Å². The molecule has 3 nitrogen and oxygen atoms in total. The number of benzene rings is 2. The monoisotopic (exact) mass is 349 g/mol. The highest BCUT2D eigenvalue weighted by Crippen LogP contribution is 2.33. The largest absolute Gasteiger partial charge is 0.455 e. The van der Waals surface area contributed by atoms with E-state index in [0.29, 0.717) is 32.1 Å². The molecule has 2 aromatic carbocycles. The normalized spacial score (nSPS) is 9.90. The molecule has 0 atom stereocenters. The predicted octanol–water partition coefficient (Wildman–Crippen LogP) is 4.97. The zero-order valence-electron chi connectivity index (χ0n) is 10.5. The van der Waals surface area contributed by atoms with Gasteiger partial charge in [-0.2, -0.15) is 5.26 Å². The highest BCUT2D eigenvalue weighted by atomic mass is 79.9. The lowest BCUT2D eigenvalue weighted by Gasteiger charge is -2.11. The molecule has 0 saturated heterocycles. The van der Waals surface area contributed by atoms with Crippen LogP contribution < -0.4 is 4.74 Å². The molecule has 5 heteroatoms. The van der Waals surface area contributed by atoms with Crippen LogP contribution in [-0.4, -0.2) is 5.78 Å². The number of nitrogens with zero attached hydrogens (tertiary/aromatic N) is 1. The van der Waals surface area contributed by atoms with Crippen molar-refractivity contribution in [2.45, 2.75) is 6.92 Å². The molecular formula is C15H9BrClNO2. The summed E-state index contributed by atoms with van der Waals surface area (Å²) in [6.45, 7) is 1.45. The number of ether oxygens (including phenoxy) is 1. The third-order valence-corrected chi connectivity index (χ3v) is 3.46. The van der Waals surface area contributed by atoms with Gasteiger partial charge in [0.2, 0.25) is 0 Å². The summed E-state index contributed by atoms with van der Waals surface area (Å²) >= 11 is 9.21. The van der Waals surface area contributed by atoms with E-state index in [1.807, 2.05) is 6.07 Å². The summed E-state index contributed by atoms with van der Waals surface area (Å²) in [6, 6.07) is 11.8. The minimum Gasteiger partial charge on any atom is -0.455 e. The Hall–Kier alpha value is -1.83. The maximum absolute atomic E-state index is 11.6. The van der Waals surface area contributed by atoms with Gasteiger partial charge in [0.15, 0.2) is 5.78 Å². The van der Waals surface area contributed by atoms with Crippen molar-refractivity contribution in [2.24, 2.45) is 0 Å². The van der Waals surface area contributed by atoms with Gasteiger partial charge < -0.3 is 4.74 Å². The summed E-state index contributed by atoms with van der Waals surface area (Å²) in [6.07, 6.45) is 0. The van der Waals surface area contributed by atoms with Crippen molar-refractivity contribution >= 4 is 33.3 Å². The van der Waals surface area contributed by atoms with Gasteiger partial charge >= 0.3 is 0 Å². The molecule has 0 heterocycles. The quantitative estimate of drug-likeness (QED) is 0.734. The van der Waals surface area contributed by atoms with Gasteiger partial charge in [-0.25, -0.2) is 0 Å². The Labute approximate surface area is 129 Å². The number of carbonyl (C=O) groups is 1. The smallest absolute Gasteiger partial charge is 0.163 e. The van der Waals surface area contributed by atoms with Crippen molar-refractivity contribution in [2.75, 3.05) is 0 Å². The molecule has 0 N–H and O–H groups in total. The standard InChI is InChI=1S/C15H9BrClNO2/c1-9(19)12-4-2-10(8-18)6-15(12)20-14-5-3-11(17)7-13(14)16/h2-7H,1H3. The first-order valence-corrected chi connectivity index (χ1v) is 6.86. The average Bonchev–Trinajstić information content (AvgIpc) is 2.41. The zero-order valence-corrected chi connectivity index (χ0v) is 12.8. The number of nitriles is 1. The van der Waals surface area contributed by atoms with E-state index in [1.54, 1.807) is 30.3 Å². The van der Waals surface area contributed by atoms with E-state index < -0.39 is 0 Å². The van der Waals surface area contributed by atoms with Gasteiger partial charge in [0, 0.05) is 5.02 Å². The topological polar surface area (TPSA) is 50.1 Å². The molecule has 0 fully saturated rings. The Morgan fingerprint density at radius 3 is 2.60 bits per heavy atom. The lowest BCUT2D eigenvalue weighted by molar-refractivity contribution is 0.101. The summed E-state index contributed by atoms with van der Waals surface area (Å²) in [5, 5.41) is 9.50. The fraction of sp³-hybridized carbons (Fsp3) is 0.0667. The van der Waals surface area contributed by atoms with Crippen LogP contribution in [0.3, 0.4) is 0 Å². The second kappa shape index (κ2) is 6.08. The molecule has 0 spiro atoms. The molecule has 0 bridgehead atoms. The Morgan fingerprint density at radius 1 is 1.25 bits per heavy atom.